The van der Waals surface area contributed by atoms with Crippen molar-refractivity contribution in [3.63, 3.8) is 0 Å². The van der Waals surface area contributed by atoms with Gasteiger partial charge in [0.2, 0.25) is 0 Å². The molecule has 0 fully saturated rings. The molecule has 0 spiro atoms. The van der Waals surface area contributed by atoms with Crippen molar-refractivity contribution in [3.05, 3.63) is 71.4 Å². The molecule has 3 aromatic carbocycles. The van der Waals surface area contributed by atoms with E-state index >= 15 is 0 Å². The smallest absolute Gasteiger partial charge is 0.310 e. The minimum Gasteiger partial charge on any atom is -0.493 e. The molecule has 1 aromatic heterocycles. The van der Waals surface area contributed by atoms with Crippen molar-refractivity contribution in [2.75, 3.05) is 13.2 Å². The van der Waals surface area contributed by atoms with Gasteiger partial charge in [-0.15, -0.1) is 0 Å². The number of aryl methyl sites for hydroxylation is 1. The van der Waals surface area contributed by atoms with Crippen LogP contribution in [0, 0.1) is 6.92 Å². The summed E-state index contributed by atoms with van der Waals surface area (Å²) >= 11 is 0. The number of fused-ring (bicyclic) bond motifs is 1. The van der Waals surface area contributed by atoms with Gasteiger partial charge in [-0.25, -0.2) is 0 Å². The summed E-state index contributed by atoms with van der Waals surface area (Å²) < 4.78 is 11.2. The minimum atomic E-state index is -0.500. The van der Waals surface area contributed by atoms with Gasteiger partial charge >= 0.3 is 5.97 Å². The Morgan fingerprint density at radius 3 is 2.63 bits per heavy atom. The first-order chi connectivity index (χ1) is 16.7. The maximum absolute atomic E-state index is 12.5. The van der Waals surface area contributed by atoms with Crippen molar-refractivity contribution in [2.24, 2.45) is 0 Å². The Labute approximate surface area is 206 Å². The fourth-order valence-electron chi connectivity index (χ4n) is 4.53. The SMILES string of the molecule is CC(C)(C)O.CCOC(=O)Cc1c(C)cc2ccccc2c1-c1ccc2c3c(ccnc13)CCO2. The lowest BCUT2D eigenvalue weighted by molar-refractivity contribution is -0.142. The molecule has 182 valence electrons. The largest absolute Gasteiger partial charge is 0.493 e. The van der Waals surface area contributed by atoms with E-state index in [0.29, 0.717) is 13.2 Å². The maximum atomic E-state index is 12.5. The van der Waals surface area contributed by atoms with E-state index in [4.69, 9.17) is 19.6 Å². The van der Waals surface area contributed by atoms with Crippen LogP contribution < -0.4 is 4.74 Å². The molecule has 0 saturated carbocycles. The van der Waals surface area contributed by atoms with Crippen LogP contribution in [-0.2, 0) is 22.4 Å². The number of aromatic nitrogens is 1. The number of esters is 1. The third-order valence-corrected chi connectivity index (χ3v) is 5.84. The van der Waals surface area contributed by atoms with Crippen LogP contribution in [0.3, 0.4) is 0 Å². The summed E-state index contributed by atoms with van der Waals surface area (Å²) in [6.45, 7) is 10.2. The standard InChI is InChI=1S/C26H23NO3.C4H10O/c1-3-29-23(28)15-21-16(2)14-18-6-4-5-7-19(18)25(21)20-8-9-22-24-17(11-13-30-22)10-12-27-26(20)24;1-4(2,3)5/h4-10,12,14H,3,11,13,15H2,1-2H3;5H,1-3H3. The average molecular weight is 472 g/mol. The van der Waals surface area contributed by atoms with Gasteiger partial charge in [0.1, 0.15) is 5.75 Å². The Kier molecular flexibility index (Phi) is 7.08. The highest BCUT2D eigenvalue weighted by molar-refractivity contribution is 6.08. The second-order valence-corrected chi connectivity index (χ2v) is 9.82. The molecular formula is C30H33NO4. The number of pyridine rings is 1. The highest BCUT2D eigenvalue weighted by Gasteiger charge is 2.22. The molecule has 0 amide bonds. The first-order valence-electron chi connectivity index (χ1n) is 12.1. The zero-order valence-electron chi connectivity index (χ0n) is 21.1. The Bertz CT molecular complexity index is 1370. The van der Waals surface area contributed by atoms with E-state index in [1.54, 1.807) is 20.8 Å². The summed E-state index contributed by atoms with van der Waals surface area (Å²) in [6.07, 6.45) is 2.98. The summed E-state index contributed by atoms with van der Waals surface area (Å²) in [5, 5.41) is 11.9. The van der Waals surface area contributed by atoms with Crippen LogP contribution >= 0.6 is 0 Å². The monoisotopic (exact) mass is 471 g/mol. The van der Waals surface area contributed by atoms with Crippen molar-refractivity contribution in [1.82, 2.24) is 4.98 Å². The molecule has 0 aliphatic carbocycles. The van der Waals surface area contributed by atoms with Gasteiger partial charge in [0.25, 0.3) is 0 Å². The van der Waals surface area contributed by atoms with Gasteiger partial charge in [0, 0.05) is 23.6 Å². The van der Waals surface area contributed by atoms with Gasteiger partial charge in [-0.05, 0) is 85.8 Å². The zero-order chi connectivity index (χ0) is 25.2. The normalized spacial score (nSPS) is 12.6. The van der Waals surface area contributed by atoms with Crippen LogP contribution in [-0.4, -0.2) is 34.9 Å². The summed E-state index contributed by atoms with van der Waals surface area (Å²) in [6, 6.07) is 16.6. The van der Waals surface area contributed by atoms with Crippen molar-refractivity contribution in [2.45, 2.75) is 53.1 Å². The Morgan fingerprint density at radius 1 is 1.14 bits per heavy atom. The van der Waals surface area contributed by atoms with Crippen LogP contribution in [0.25, 0.3) is 32.8 Å². The lowest BCUT2D eigenvalue weighted by atomic mass is 9.87. The molecule has 1 aliphatic rings. The molecule has 5 rings (SSSR count). The van der Waals surface area contributed by atoms with E-state index in [0.717, 1.165) is 56.1 Å². The number of carbonyl (C=O) groups excluding carboxylic acids is 1. The van der Waals surface area contributed by atoms with Gasteiger partial charge < -0.3 is 14.6 Å². The molecule has 1 N–H and O–H groups in total. The Morgan fingerprint density at radius 2 is 1.89 bits per heavy atom. The van der Waals surface area contributed by atoms with E-state index in [-0.39, 0.29) is 12.4 Å². The molecule has 2 heterocycles. The van der Waals surface area contributed by atoms with Crippen molar-refractivity contribution < 1.29 is 19.4 Å². The highest BCUT2D eigenvalue weighted by Crippen LogP contribution is 2.42. The quantitative estimate of drug-likeness (QED) is 0.360. The predicted octanol–water partition coefficient (Wildman–Crippen LogP) is 6.18. The van der Waals surface area contributed by atoms with Crippen molar-refractivity contribution in [3.8, 4) is 16.9 Å². The predicted molar refractivity (Wildman–Crippen MR) is 141 cm³/mol. The van der Waals surface area contributed by atoms with Crippen molar-refractivity contribution in [1.29, 1.82) is 0 Å². The van der Waals surface area contributed by atoms with Gasteiger partial charge in [0.15, 0.2) is 0 Å². The van der Waals surface area contributed by atoms with E-state index in [1.165, 1.54) is 5.56 Å². The summed E-state index contributed by atoms with van der Waals surface area (Å²) in [4.78, 5) is 17.2. The third kappa shape index (κ3) is 5.46. The fraction of sp³-hybridized carbons (Fsp3) is 0.333. The second kappa shape index (κ2) is 10.0. The first-order valence-corrected chi connectivity index (χ1v) is 12.1. The number of nitrogens with zero attached hydrogens (tertiary/aromatic N) is 1. The summed E-state index contributed by atoms with van der Waals surface area (Å²) in [5.74, 6) is 0.670. The van der Waals surface area contributed by atoms with Gasteiger partial charge in [-0.1, -0.05) is 30.3 Å². The Hall–Kier alpha value is -3.44. The molecular weight excluding hydrogens is 438 g/mol. The average Bonchev–Trinajstić information content (AvgIpc) is 2.80. The second-order valence-electron chi connectivity index (χ2n) is 9.82. The summed E-state index contributed by atoms with van der Waals surface area (Å²) in [5.41, 5.74) is 5.83. The molecule has 0 unspecified atom stereocenters. The van der Waals surface area contributed by atoms with Gasteiger partial charge in [-0.2, -0.15) is 0 Å². The number of hydrogen-bond acceptors (Lipinski definition) is 5. The fourth-order valence-corrected chi connectivity index (χ4v) is 4.53. The maximum Gasteiger partial charge on any atom is 0.310 e. The van der Waals surface area contributed by atoms with E-state index < -0.39 is 5.60 Å². The molecule has 4 aromatic rings. The number of aliphatic hydroxyl groups is 1. The van der Waals surface area contributed by atoms with Crippen LogP contribution in [0.15, 0.2) is 54.7 Å². The molecule has 1 aliphatic heterocycles. The van der Waals surface area contributed by atoms with Crippen LogP contribution in [0.5, 0.6) is 5.75 Å². The topological polar surface area (TPSA) is 68.7 Å². The first kappa shape index (κ1) is 24.7. The number of hydrogen-bond donors (Lipinski definition) is 1. The van der Waals surface area contributed by atoms with Crippen LogP contribution in [0.4, 0.5) is 0 Å². The number of rotatable bonds is 4. The summed E-state index contributed by atoms with van der Waals surface area (Å²) in [7, 11) is 0. The van der Waals surface area contributed by atoms with Gasteiger partial charge in [-0.3, -0.25) is 9.78 Å². The number of benzene rings is 3. The van der Waals surface area contributed by atoms with Gasteiger partial charge in [0.05, 0.1) is 30.8 Å². The zero-order valence-corrected chi connectivity index (χ0v) is 21.1. The molecule has 35 heavy (non-hydrogen) atoms. The molecule has 0 saturated heterocycles. The lowest BCUT2D eigenvalue weighted by Crippen LogP contribution is -2.11. The minimum absolute atomic E-state index is 0.212. The lowest BCUT2D eigenvalue weighted by Gasteiger charge is -2.22. The molecule has 0 atom stereocenters. The van der Waals surface area contributed by atoms with Crippen LogP contribution in [0.1, 0.15) is 44.4 Å². The molecule has 0 bridgehead atoms. The highest BCUT2D eigenvalue weighted by atomic mass is 16.5. The van der Waals surface area contributed by atoms with E-state index in [2.05, 4.69) is 37.3 Å². The van der Waals surface area contributed by atoms with Crippen molar-refractivity contribution >= 4 is 27.6 Å². The third-order valence-electron chi connectivity index (χ3n) is 5.84. The number of carbonyl (C=O) groups is 1. The molecule has 0 radical (unpaired) electrons. The van der Waals surface area contributed by atoms with E-state index in [9.17, 15) is 4.79 Å². The number of ether oxygens (including phenoxy) is 2. The molecule has 5 nitrogen and oxygen atoms in total. The van der Waals surface area contributed by atoms with Crippen LogP contribution in [0.2, 0.25) is 0 Å². The van der Waals surface area contributed by atoms with E-state index in [1.807, 2.05) is 31.3 Å². The molecule has 5 heteroatoms. The Balaban J connectivity index is 0.000000527.